The minimum absolute atomic E-state index is 0.188. The molecule has 0 aromatic rings. The van der Waals surface area contributed by atoms with Crippen LogP contribution >= 0.6 is 11.8 Å². The van der Waals surface area contributed by atoms with Crippen molar-refractivity contribution in [2.45, 2.75) is 45.1 Å². The molecular formula is C13H26N2OS. The Balaban J connectivity index is 2.01. The second-order valence-electron chi connectivity index (χ2n) is 4.78. The molecule has 1 rings (SSSR count). The van der Waals surface area contributed by atoms with Crippen LogP contribution in [0, 0.1) is 5.92 Å². The second kappa shape index (κ2) is 8.81. The molecule has 1 saturated carbocycles. The third-order valence-corrected chi connectivity index (χ3v) is 4.46. The van der Waals surface area contributed by atoms with Crippen LogP contribution in [0.1, 0.15) is 39.0 Å². The Morgan fingerprint density at radius 1 is 1.41 bits per heavy atom. The summed E-state index contributed by atoms with van der Waals surface area (Å²) in [6.45, 7) is 2.88. The average Bonchev–Trinajstić information content (AvgIpc) is 2.79. The molecule has 2 N–H and O–H groups in total. The zero-order valence-electron chi connectivity index (χ0n) is 11.1. The molecule has 17 heavy (non-hydrogen) atoms. The molecule has 0 saturated heterocycles. The second-order valence-corrected chi connectivity index (χ2v) is 5.88. The predicted octanol–water partition coefficient (Wildman–Crippen LogP) is 2.02. The molecule has 0 radical (unpaired) electrons. The van der Waals surface area contributed by atoms with Gasteiger partial charge in [-0.2, -0.15) is 11.8 Å². The molecule has 1 fully saturated rings. The molecular weight excluding hydrogens is 232 g/mol. The summed E-state index contributed by atoms with van der Waals surface area (Å²) in [4.78, 5) is 11.4. The van der Waals surface area contributed by atoms with Crippen molar-refractivity contribution in [3.05, 3.63) is 0 Å². The first-order valence-electron chi connectivity index (χ1n) is 6.79. The lowest BCUT2D eigenvalue weighted by molar-refractivity contribution is -0.118. The summed E-state index contributed by atoms with van der Waals surface area (Å²) >= 11 is 1.77. The summed E-state index contributed by atoms with van der Waals surface area (Å²) in [5.74, 6) is 2.75. The fourth-order valence-electron chi connectivity index (χ4n) is 2.48. The summed E-state index contributed by atoms with van der Waals surface area (Å²) in [6, 6.07) is 0.713. The highest BCUT2D eigenvalue weighted by atomic mass is 32.2. The smallest absolute Gasteiger partial charge is 0.229 e. The lowest BCUT2D eigenvalue weighted by Crippen LogP contribution is -2.29. The van der Waals surface area contributed by atoms with Gasteiger partial charge in [-0.25, -0.2) is 0 Å². The van der Waals surface area contributed by atoms with E-state index < -0.39 is 0 Å². The number of thioether (sulfide) groups is 1. The minimum atomic E-state index is 0.188. The van der Waals surface area contributed by atoms with Gasteiger partial charge in [-0.05, 0) is 44.4 Å². The highest BCUT2D eigenvalue weighted by Gasteiger charge is 2.25. The largest absolute Gasteiger partial charge is 0.355 e. The molecule has 2 unspecified atom stereocenters. The molecule has 0 spiro atoms. The van der Waals surface area contributed by atoms with Gasteiger partial charge in [-0.1, -0.05) is 13.3 Å². The summed E-state index contributed by atoms with van der Waals surface area (Å²) in [5, 5.41) is 6.31. The van der Waals surface area contributed by atoms with Crippen LogP contribution in [0.15, 0.2) is 0 Å². The highest BCUT2D eigenvalue weighted by molar-refractivity contribution is 7.99. The van der Waals surface area contributed by atoms with Crippen LogP contribution in [0.3, 0.4) is 0 Å². The van der Waals surface area contributed by atoms with Crippen molar-refractivity contribution >= 4 is 17.7 Å². The molecule has 0 bridgehead atoms. The van der Waals surface area contributed by atoms with Crippen molar-refractivity contribution in [2.24, 2.45) is 5.92 Å². The first kappa shape index (κ1) is 14.8. The lowest BCUT2D eigenvalue weighted by Gasteiger charge is -2.18. The first-order chi connectivity index (χ1) is 8.27. The number of hydrogen-bond acceptors (Lipinski definition) is 3. The van der Waals surface area contributed by atoms with Crippen LogP contribution < -0.4 is 10.6 Å². The minimum Gasteiger partial charge on any atom is -0.355 e. The van der Waals surface area contributed by atoms with E-state index in [1.54, 1.807) is 11.8 Å². The molecule has 100 valence electrons. The Hall–Kier alpha value is -0.220. The van der Waals surface area contributed by atoms with Crippen LogP contribution in [0.25, 0.3) is 0 Å². The molecule has 1 amide bonds. The van der Waals surface area contributed by atoms with E-state index in [4.69, 9.17) is 0 Å². The van der Waals surface area contributed by atoms with E-state index in [9.17, 15) is 4.79 Å². The van der Waals surface area contributed by atoms with E-state index in [-0.39, 0.29) is 5.91 Å². The van der Waals surface area contributed by atoms with Crippen molar-refractivity contribution in [3.8, 4) is 0 Å². The Kier molecular flexibility index (Phi) is 7.69. The van der Waals surface area contributed by atoms with E-state index in [0.717, 1.165) is 24.6 Å². The lowest BCUT2D eigenvalue weighted by atomic mass is 10.0. The SMILES string of the molecule is CCCNC(=O)CSCCC1CCCC1NC. The van der Waals surface area contributed by atoms with Gasteiger partial charge in [0.15, 0.2) is 0 Å². The van der Waals surface area contributed by atoms with Crippen LogP contribution in [0.5, 0.6) is 0 Å². The monoisotopic (exact) mass is 258 g/mol. The molecule has 2 atom stereocenters. The number of carbonyl (C=O) groups excluding carboxylic acids is 1. The van der Waals surface area contributed by atoms with Gasteiger partial charge >= 0.3 is 0 Å². The number of nitrogens with one attached hydrogen (secondary N) is 2. The Morgan fingerprint density at radius 2 is 2.24 bits per heavy atom. The van der Waals surface area contributed by atoms with Crippen molar-refractivity contribution in [1.82, 2.24) is 10.6 Å². The predicted molar refractivity (Wildman–Crippen MR) is 75.4 cm³/mol. The number of rotatable bonds is 8. The normalized spacial score (nSPS) is 23.9. The van der Waals surface area contributed by atoms with Crippen molar-refractivity contribution < 1.29 is 4.79 Å². The highest BCUT2D eigenvalue weighted by Crippen LogP contribution is 2.29. The van der Waals surface area contributed by atoms with Gasteiger partial charge in [-0.3, -0.25) is 4.79 Å². The van der Waals surface area contributed by atoms with E-state index in [2.05, 4.69) is 24.6 Å². The maximum atomic E-state index is 11.4. The van der Waals surface area contributed by atoms with Crippen LogP contribution in [0.4, 0.5) is 0 Å². The van der Waals surface area contributed by atoms with Crippen molar-refractivity contribution in [1.29, 1.82) is 0 Å². The van der Waals surface area contributed by atoms with E-state index in [1.807, 2.05) is 0 Å². The van der Waals surface area contributed by atoms with Crippen LogP contribution in [-0.2, 0) is 4.79 Å². The maximum Gasteiger partial charge on any atom is 0.229 e. The van der Waals surface area contributed by atoms with E-state index in [0.29, 0.717) is 11.8 Å². The molecule has 3 nitrogen and oxygen atoms in total. The van der Waals surface area contributed by atoms with Gasteiger partial charge in [-0.15, -0.1) is 0 Å². The first-order valence-corrected chi connectivity index (χ1v) is 7.95. The maximum absolute atomic E-state index is 11.4. The van der Waals surface area contributed by atoms with Crippen LogP contribution in [0.2, 0.25) is 0 Å². The van der Waals surface area contributed by atoms with Gasteiger partial charge < -0.3 is 10.6 Å². The Labute approximate surface area is 109 Å². The fraction of sp³-hybridized carbons (Fsp3) is 0.923. The summed E-state index contributed by atoms with van der Waals surface area (Å²) in [6.07, 6.45) is 6.30. The zero-order chi connectivity index (χ0) is 12.5. The summed E-state index contributed by atoms with van der Waals surface area (Å²) in [5.41, 5.74) is 0. The third kappa shape index (κ3) is 5.77. The molecule has 4 heteroatoms. The summed E-state index contributed by atoms with van der Waals surface area (Å²) < 4.78 is 0. The molecule has 1 aliphatic rings. The molecule has 1 aliphatic carbocycles. The average molecular weight is 258 g/mol. The third-order valence-electron chi connectivity index (χ3n) is 3.47. The molecule has 0 heterocycles. The zero-order valence-corrected chi connectivity index (χ0v) is 11.9. The van der Waals surface area contributed by atoms with Gasteiger partial charge in [0.25, 0.3) is 0 Å². The quantitative estimate of drug-likeness (QED) is 0.655. The van der Waals surface area contributed by atoms with Crippen molar-refractivity contribution in [2.75, 3.05) is 25.1 Å². The van der Waals surface area contributed by atoms with Gasteiger partial charge in [0.2, 0.25) is 5.91 Å². The van der Waals surface area contributed by atoms with Gasteiger partial charge in [0.1, 0.15) is 0 Å². The van der Waals surface area contributed by atoms with Crippen molar-refractivity contribution in [3.63, 3.8) is 0 Å². The molecule has 0 aromatic carbocycles. The Bertz CT molecular complexity index is 223. The topological polar surface area (TPSA) is 41.1 Å². The van der Waals surface area contributed by atoms with Gasteiger partial charge in [0.05, 0.1) is 5.75 Å². The molecule has 0 aromatic heterocycles. The van der Waals surface area contributed by atoms with E-state index >= 15 is 0 Å². The van der Waals surface area contributed by atoms with E-state index in [1.165, 1.54) is 25.7 Å². The Morgan fingerprint density at radius 3 is 2.94 bits per heavy atom. The number of amides is 1. The summed E-state index contributed by atoms with van der Waals surface area (Å²) in [7, 11) is 2.06. The number of hydrogen-bond donors (Lipinski definition) is 2. The molecule has 0 aliphatic heterocycles. The van der Waals surface area contributed by atoms with Crippen LogP contribution in [-0.4, -0.2) is 37.0 Å². The standard InChI is InChI=1S/C13H26N2OS/c1-3-8-15-13(16)10-17-9-7-11-5-4-6-12(11)14-2/h11-12,14H,3-10H2,1-2H3,(H,15,16). The fourth-order valence-corrected chi connectivity index (χ4v) is 3.38. The number of carbonyl (C=O) groups is 1. The van der Waals surface area contributed by atoms with Gasteiger partial charge in [0, 0.05) is 12.6 Å².